The predicted octanol–water partition coefficient (Wildman–Crippen LogP) is 0.157. The summed E-state index contributed by atoms with van der Waals surface area (Å²) in [5.74, 6) is 0.0444. The molecule has 1 aromatic heterocycles. The zero-order chi connectivity index (χ0) is 13.9. The number of amides is 1. The van der Waals surface area contributed by atoms with Gasteiger partial charge in [-0.3, -0.25) is 9.78 Å². The van der Waals surface area contributed by atoms with Crippen LogP contribution in [-0.2, 0) is 24.2 Å². The molecule has 5 heteroatoms. The Bertz CT molecular complexity index is 504. The molecule has 0 bridgehead atoms. The van der Waals surface area contributed by atoms with Gasteiger partial charge in [-0.2, -0.15) is 0 Å². The molecule has 1 aromatic rings. The number of nitrogens with zero attached hydrogens (tertiary/aromatic N) is 1. The third-order valence-corrected chi connectivity index (χ3v) is 4.34. The lowest BCUT2D eigenvalue weighted by molar-refractivity contribution is -0.122. The zero-order valence-corrected chi connectivity index (χ0v) is 11.6. The van der Waals surface area contributed by atoms with Gasteiger partial charge in [-0.25, -0.2) is 0 Å². The standard InChI is InChI=1S/C15H21N3O2/c19-14-9-17-6-11(14)4-15(20)18-8-12-7-16-5-10-2-1-3-13(10)12/h5,7,11,14,17,19H,1-4,6,8-9H2,(H,18,20)/t11-,14-/m1/s1. The van der Waals surface area contributed by atoms with Crippen LogP contribution in [0.3, 0.4) is 0 Å². The fourth-order valence-corrected chi connectivity index (χ4v) is 3.16. The molecule has 108 valence electrons. The molecular formula is C15H21N3O2. The van der Waals surface area contributed by atoms with Crippen LogP contribution in [0.1, 0.15) is 29.5 Å². The van der Waals surface area contributed by atoms with Gasteiger partial charge >= 0.3 is 0 Å². The third kappa shape index (κ3) is 2.83. The number of pyridine rings is 1. The highest BCUT2D eigenvalue weighted by Gasteiger charge is 2.27. The Morgan fingerprint density at radius 3 is 3.10 bits per heavy atom. The minimum Gasteiger partial charge on any atom is -0.391 e. The number of aliphatic hydroxyl groups is 1. The summed E-state index contributed by atoms with van der Waals surface area (Å²) in [6, 6.07) is 0. The first kappa shape index (κ1) is 13.5. The van der Waals surface area contributed by atoms with Crippen LogP contribution in [0, 0.1) is 5.92 Å². The number of β-amino-alcohol motifs (C(OH)–C–C–N with tert-alkyl or cyclic N) is 1. The maximum absolute atomic E-state index is 11.9. The molecule has 0 spiro atoms. The molecule has 0 aromatic carbocycles. The minimum absolute atomic E-state index is 0.00773. The summed E-state index contributed by atoms with van der Waals surface area (Å²) in [6.07, 6.45) is 7.16. The number of rotatable bonds is 4. The van der Waals surface area contributed by atoms with Crippen molar-refractivity contribution < 1.29 is 9.90 Å². The average Bonchev–Trinajstić information content (AvgIpc) is 3.06. The van der Waals surface area contributed by atoms with Crippen molar-refractivity contribution in [3.63, 3.8) is 0 Å². The quantitative estimate of drug-likeness (QED) is 0.731. The van der Waals surface area contributed by atoms with E-state index in [-0.39, 0.29) is 11.8 Å². The second-order valence-corrected chi connectivity index (χ2v) is 5.76. The van der Waals surface area contributed by atoms with Crippen LogP contribution in [0.5, 0.6) is 0 Å². The molecule has 3 N–H and O–H groups in total. The van der Waals surface area contributed by atoms with Crippen molar-refractivity contribution in [2.24, 2.45) is 5.92 Å². The van der Waals surface area contributed by atoms with E-state index in [2.05, 4.69) is 15.6 Å². The molecule has 5 nitrogen and oxygen atoms in total. The molecule has 2 aliphatic rings. The fourth-order valence-electron chi connectivity index (χ4n) is 3.16. The molecular weight excluding hydrogens is 254 g/mol. The molecule has 1 aliphatic carbocycles. The second-order valence-electron chi connectivity index (χ2n) is 5.76. The molecule has 0 saturated carbocycles. The Kier molecular flexibility index (Phi) is 3.98. The van der Waals surface area contributed by atoms with Crippen LogP contribution < -0.4 is 10.6 Å². The van der Waals surface area contributed by atoms with Gasteiger partial charge < -0.3 is 15.7 Å². The van der Waals surface area contributed by atoms with Crippen molar-refractivity contribution in [2.75, 3.05) is 13.1 Å². The molecule has 20 heavy (non-hydrogen) atoms. The molecule has 2 atom stereocenters. The summed E-state index contributed by atoms with van der Waals surface area (Å²) < 4.78 is 0. The molecule has 1 saturated heterocycles. The molecule has 1 aliphatic heterocycles. The Morgan fingerprint density at radius 2 is 2.30 bits per heavy atom. The van der Waals surface area contributed by atoms with Crippen molar-refractivity contribution in [1.29, 1.82) is 0 Å². The van der Waals surface area contributed by atoms with Crippen LogP contribution in [0.25, 0.3) is 0 Å². The zero-order valence-electron chi connectivity index (χ0n) is 11.6. The number of aliphatic hydroxyl groups excluding tert-OH is 1. The van der Waals surface area contributed by atoms with Crippen molar-refractivity contribution in [2.45, 2.75) is 38.3 Å². The molecule has 1 fully saturated rings. The lowest BCUT2D eigenvalue weighted by atomic mass is 10.0. The van der Waals surface area contributed by atoms with Gasteiger partial charge in [0.2, 0.25) is 5.91 Å². The summed E-state index contributed by atoms with van der Waals surface area (Å²) >= 11 is 0. The number of nitrogens with one attached hydrogen (secondary N) is 2. The van der Waals surface area contributed by atoms with Crippen LogP contribution in [0.15, 0.2) is 12.4 Å². The lowest BCUT2D eigenvalue weighted by Gasteiger charge is -2.14. The van der Waals surface area contributed by atoms with E-state index in [0.717, 1.165) is 24.9 Å². The highest BCUT2D eigenvalue weighted by atomic mass is 16.3. The lowest BCUT2D eigenvalue weighted by Crippen LogP contribution is -2.29. The van der Waals surface area contributed by atoms with E-state index < -0.39 is 6.10 Å². The average molecular weight is 275 g/mol. The van der Waals surface area contributed by atoms with Gasteiger partial charge in [0, 0.05) is 44.4 Å². The number of aromatic nitrogens is 1. The van der Waals surface area contributed by atoms with E-state index >= 15 is 0 Å². The smallest absolute Gasteiger partial charge is 0.220 e. The first-order valence-corrected chi connectivity index (χ1v) is 7.34. The number of fused-ring (bicyclic) bond motifs is 1. The van der Waals surface area contributed by atoms with E-state index in [1.54, 1.807) is 0 Å². The molecule has 2 heterocycles. The number of carbonyl (C=O) groups is 1. The van der Waals surface area contributed by atoms with E-state index in [4.69, 9.17) is 0 Å². The fraction of sp³-hybridized carbons (Fsp3) is 0.600. The maximum Gasteiger partial charge on any atom is 0.220 e. The number of aryl methyl sites for hydroxylation is 1. The van der Waals surface area contributed by atoms with Gasteiger partial charge in [-0.1, -0.05) is 0 Å². The van der Waals surface area contributed by atoms with Crippen molar-refractivity contribution in [3.8, 4) is 0 Å². The Hall–Kier alpha value is -1.46. The van der Waals surface area contributed by atoms with Gasteiger partial charge in [-0.15, -0.1) is 0 Å². The van der Waals surface area contributed by atoms with Crippen LogP contribution >= 0.6 is 0 Å². The Morgan fingerprint density at radius 1 is 1.40 bits per heavy atom. The van der Waals surface area contributed by atoms with Gasteiger partial charge in [-0.05, 0) is 36.0 Å². The highest BCUT2D eigenvalue weighted by molar-refractivity contribution is 5.76. The largest absolute Gasteiger partial charge is 0.391 e. The summed E-state index contributed by atoms with van der Waals surface area (Å²) in [7, 11) is 0. The summed E-state index contributed by atoms with van der Waals surface area (Å²) in [5, 5.41) is 15.8. The van der Waals surface area contributed by atoms with E-state index in [1.165, 1.54) is 17.5 Å². The van der Waals surface area contributed by atoms with Crippen LogP contribution in [-0.4, -0.2) is 35.2 Å². The Labute approximate surface area is 118 Å². The molecule has 0 radical (unpaired) electrons. The van der Waals surface area contributed by atoms with Crippen molar-refractivity contribution in [3.05, 3.63) is 29.1 Å². The van der Waals surface area contributed by atoms with Gasteiger partial charge in [0.15, 0.2) is 0 Å². The number of hydrogen-bond donors (Lipinski definition) is 3. The summed E-state index contributed by atoms with van der Waals surface area (Å²) in [4.78, 5) is 16.2. The maximum atomic E-state index is 11.9. The first-order valence-electron chi connectivity index (χ1n) is 7.34. The molecule has 1 amide bonds. The molecule has 0 unspecified atom stereocenters. The minimum atomic E-state index is -0.400. The van der Waals surface area contributed by atoms with Gasteiger partial charge in [0.1, 0.15) is 0 Å². The molecule has 3 rings (SSSR count). The first-order chi connectivity index (χ1) is 9.74. The highest BCUT2D eigenvalue weighted by Crippen LogP contribution is 2.24. The summed E-state index contributed by atoms with van der Waals surface area (Å²) in [5.41, 5.74) is 3.83. The SMILES string of the molecule is O=C(C[C@@H]1CNC[C@H]1O)NCc1cncc2c1CCC2. The number of hydrogen-bond acceptors (Lipinski definition) is 4. The topological polar surface area (TPSA) is 74.2 Å². The predicted molar refractivity (Wildman–Crippen MR) is 75.1 cm³/mol. The second kappa shape index (κ2) is 5.89. The van der Waals surface area contributed by atoms with E-state index in [0.29, 0.717) is 19.5 Å². The third-order valence-electron chi connectivity index (χ3n) is 4.34. The monoisotopic (exact) mass is 275 g/mol. The number of carbonyl (C=O) groups excluding carboxylic acids is 1. The van der Waals surface area contributed by atoms with Gasteiger partial charge in [0.25, 0.3) is 0 Å². The normalized spacial score (nSPS) is 24.6. The van der Waals surface area contributed by atoms with Crippen molar-refractivity contribution in [1.82, 2.24) is 15.6 Å². The van der Waals surface area contributed by atoms with Crippen molar-refractivity contribution >= 4 is 5.91 Å². The van der Waals surface area contributed by atoms with Crippen LogP contribution in [0.4, 0.5) is 0 Å². The van der Waals surface area contributed by atoms with Crippen LogP contribution in [0.2, 0.25) is 0 Å². The summed E-state index contributed by atoms with van der Waals surface area (Å²) in [6.45, 7) is 1.86. The Balaban J connectivity index is 1.54. The van der Waals surface area contributed by atoms with Gasteiger partial charge in [0.05, 0.1) is 6.10 Å². The van der Waals surface area contributed by atoms with E-state index in [9.17, 15) is 9.90 Å². The van der Waals surface area contributed by atoms with E-state index in [1.807, 2.05) is 12.4 Å².